The molecule has 0 saturated heterocycles. The van der Waals surface area contributed by atoms with Crippen molar-refractivity contribution in [2.45, 2.75) is 6.54 Å². The van der Waals surface area contributed by atoms with E-state index in [0.717, 1.165) is 11.1 Å². The van der Waals surface area contributed by atoms with Gasteiger partial charge >= 0.3 is 29.6 Å². The van der Waals surface area contributed by atoms with Crippen molar-refractivity contribution < 1.29 is 39.5 Å². The van der Waals surface area contributed by atoms with Crippen molar-refractivity contribution in [3.63, 3.8) is 0 Å². The Kier molecular flexibility index (Phi) is 5.06. The number of carbonyl (C=O) groups is 1. The van der Waals surface area contributed by atoms with Crippen molar-refractivity contribution in [1.82, 2.24) is 9.78 Å². The monoisotopic (exact) mass is 308 g/mol. The molecule has 0 aliphatic heterocycles. The molecule has 4 nitrogen and oxygen atoms in total. The number of carbonyl (C=O) groups excluding carboxylic acids is 1. The molecule has 21 heavy (non-hydrogen) atoms. The predicted molar refractivity (Wildman–Crippen MR) is 74.6 cm³/mol. The Bertz CT molecular complexity index is 784. The zero-order chi connectivity index (χ0) is 14.1. The van der Waals surface area contributed by atoms with E-state index in [1.54, 1.807) is 28.9 Å². The summed E-state index contributed by atoms with van der Waals surface area (Å²) in [7, 11) is 0. The predicted octanol–water partition coefficient (Wildman–Crippen LogP) is -0.895. The third kappa shape index (κ3) is 3.30. The van der Waals surface area contributed by atoms with Crippen LogP contribution in [0.4, 0.5) is 0 Å². The van der Waals surface area contributed by atoms with Gasteiger partial charge in [-0.1, -0.05) is 41.9 Å². The number of hydrogen-bond acceptors (Lipinski definition) is 3. The van der Waals surface area contributed by atoms with Crippen LogP contribution < -0.4 is 34.7 Å². The number of aromatic nitrogens is 2. The van der Waals surface area contributed by atoms with Crippen molar-refractivity contribution in [3.8, 4) is 0 Å². The van der Waals surface area contributed by atoms with E-state index in [0.29, 0.717) is 17.0 Å². The summed E-state index contributed by atoms with van der Waals surface area (Å²) in [4.78, 5) is 11.1. The summed E-state index contributed by atoms with van der Waals surface area (Å²) in [5.41, 5.74) is 1.73. The summed E-state index contributed by atoms with van der Waals surface area (Å²) in [5.74, 6) is -1.27. The normalized spacial score (nSPS) is 10.3. The Hall–Kier alpha value is -1.33. The summed E-state index contributed by atoms with van der Waals surface area (Å²) < 4.78 is 1.66. The second-order valence-electron chi connectivity index (χ2n) is 4.44. The van der Waals surface area contributed by atoms with E-state index in [4.69, 9.17) is 11.6 Å². The quantitative estimate of drug-likeness (QED) is 0.590. The van der Waals surface area contributed by atoms with Crippen LogP contribution >= 0.6 is 11.6 Å². The Labute approximate surface area is 148 Å². The molecule has 1 heterocycles. The zero-order valence-corrected chi connectivity index (χ0v) is 14.2. The number of fused-ring (bicyclic) bond motifs is 1. The van der Waals surface area contributed by atoms with Gasteiger partial charge in [0.15, 0.2) is 0 Å². The average molecular weight is 309 g/mol. The average Bonchev–Trinajstić information content (AvgIpc) is 2.81. The van der Waals surface area contributed by atoms with Gasteiger partial charge in [0, 0.05) is 10.4 Å². The largest absolute Gasteiger partial charge is 1.00 e. The molecule has 0 amide bonds. The second kappa shape index (κ2) is 6.62. The molecule has 0 N–H and O–H groups in total. The molecule has 2 aromatic carbocycles. The van der Waals surface area contributed by atoms with E-state index in [1.165, 1.54) is 0 Å². The molecule has 0 atom stereocenters. The minimum atomic E-state index is -1.27. The van der Waals surface area contributed by atoms with Gasteiger partial charge < -0.3 is 9.90 Å². The molecule has 0 spiro atoms. The van der Waals surface area contributed by atoms with Crippen molar-refractivity contribution in [1.29, 1.82) is 0 Å². The summed E-state index contributed by atoms with van der Waals surface area (Å²) in [6.45, 7) is 0.477. The maximum atomic E-state index is 11.1. The SMILES string of the molecule is O=C([O-])c1nn(Cc2ccc(Cl)cc2)c2ccccc12.[Na+]. The number of hydrogen-bond donors (Lipinski definition) is 0. The molecule has 0 fully saturated rings. The fourth-order valence-electron chi connectivity index (χ4n) is 2.16. The second-order valence-corrected chi connectivity index (χ2v) is 4.87. The summed E-state index contributed by atoms with van der Waals surface area (Å²) in [5, 5.41) is 16.5. The van der Waals surface area contributed by atoms with Crippen LogP contribution in [0.3, 0.4) is 0 Å². The summed E-state index contributed by atoms with van der Waals surface area (Å²) >= 11 is 5.85. The van der Waals surface area contributed by atoms with Crippen LogP contribution in [0.15, 0.2) is 48.5 Å². The van der Waals surface area contributed by atoms with Gasteiger partial charge in [0.25, 0.3) is 0 Å². The molecule has 0 aliphatic rings. The van der Waals surface area contributed by atoms with Crippen molar-refractivity contribution in [2.75, 3.05) is 0 Å². The topological polar surface area (TPSA) is 57.9 Å². The molecular formula is C15H10ClN2NaO2. The minimum absolute atomic E-state index is 0. The standard InChI is InChI=1S/C15H11ClN2O2.Na/c16-11-7-5-10(6-8-11)9-18-13-4-2-1-3-12(13)14(17-18)15(19)20;/h1-8H,9H2,(H,19,20);/q;+1/p-1. The summed E-state index contributed by atoms with van der Waals surface area (Å²) in [6.07, 6.45) is 0. The molecule has 0 saturated carbocycles. The Balaban J connectivity index is 0.00000161. The first-order chi connectivity index (χ1) is 9.65. The number of benzene rings is 2. The van der Waals surface area contributed by atoms with Gasteiger partial charge in [-0.3, -0.25) is 4.68 Å². The number of aromatic carboxylic acids is 1. The fourth-order valence-corrected chi connectivity index (χ4v) is 2.29. The van der Waals surface area contributed by atoms with Crippen LogP contribution in [-0.2, 0) is 6.54 Å². The number of halogens is 1. The van der Waals surface area contributed by atoms with Crippen molar-refractivity contribution >= 4 is 28.5 Å². The van der Waals surface area contributed by atoms with Gasteiger partial charge in [0.2, 0.25) is 0 Å². The number of carboxylic acid groups (broad SMARTS) is 1. The molecule has 0 aliphatic carbocycles. The maximum absolute atomic E-state index is 11.1. The van der Waals surface area contributed by atoms with Gasteiger partial charge in [-0.25, -0.2) is 0 Å². The number of nitrogens with zero attached hydrogens (tertiary/aromatic N) is 2. The van der Waals surface area contributed by atoms with Crippen LogP contribution in [0.25, 0.3) is 10.9 Å². The van der Waals surface area contributed by atoms with Crippen molar-refractivity contribution in [2.24, 2.45) is 0 Å². The maximum Gasteiger partial charge on any atom is 1.00 e. The molecule has 100 valence electrons. The number of para-hydroxylation sites is 1. The molecule has 3 aromatic rings. The van der Waals surface area contributed by atoms with E-state index in [2.05, 4.69) is 5.10 Å². The van der Waals surface area contributed by atoms with Gasteiger partial charge in [-0.05, 0) is 23.8 Å². The third-order valence-electron chi connectivity index (χ3n) is 3.10. The molecule has 6 heteroatoms. The van der Waals surface area contributed by atoms with Crippen LogP contribution in [0.1, 0.15) is 16.1 Å². The Morgan fingerprint density at radius 1 is 1.14 bits per heavy atom. The fraction of sp³-hybridized carbons (Fsp3) is 0.0667. The minimum Gasteiger partial charge on any atom is -0.543 e. The molecule has 0 unspecified atom stereocenters. The first-order valence-electron chi connectivity index (χ1n) is 6.06. The van der Waals surface area contributed by atoms with Crippen molar-refractivity contribution in [3.05, 3.63) is 64.8 Å². The van der Waals surface area contributed by atoms with E-state index in [1.807, 2.05) is 24.3 Å². The van der Waals surface area contributed by atoms with Gasteiger partial charge in [0.1, 0.15) is 5.69 Å². The van der Waals surface area contributed by atoms with E-state index in [9.17, 15) is 9.90 Å². The molecule has 3 rings (SSSR count). The van der Waals surface area contributed by atoms with Crippen LogP contribution in [0.5, 0.6) is 0 Å². The van der Waals surface area contributed by atoms with E-state index >= 15 is 0 Å². The van der Waals surface area contributed by atoms with Gasteiger partial charge in [-0.2, -0.15) is 5.10 Å². The number of carboxylic acids is 1. The molecule has 0 radical (unpaired) electrons. The smallest absolute Gasteiger partial charge is 0.543 e. The van der Waals surface area contributed by atoms with E-state index in [-0.39, 0.29) is 35.3 Å². The Morgan fingerprint density at radius 3 is 2.48 bits per heavy atom. The van der Waals surface area contributed by atoms with Gasteiger partial charge in [-0.15, -0.1) is 0 Å². The zero-order valence-electron chi connectivity index (χ0n) is 11.4. The van der Waals surface area contributed by atoms with E-state index < -0.39 is 5.97 Å². The first kappa shape index (κ1) is 16.0. The van der Waals surface area contributed by atoms with Gasteiger partial charge in [0.05, 0.1) is 18.0 Å². The molecule has 1 aromatic heterocycles. The third-order valence-corrected chi connectivity index (χ3v) is 3.35. The molecule has 0 bridgehead atoms. The first-order valence-corrected chi connectivity index (χ1v) is 6.44. The Morgan fingerprint density at radius 2 is 1.81 bits per heavy atom. The van der Waals surface area contributed by atoms with Crippen LogP contribution in [0.2, 0.25) is 5.02 Å². The van der Waals surface area contributed by atoms with Crippen LogP contribution in [0, 0.1) is 0 Å². The summed E-state index contributed by atoms with van der Waals surface area (Å²) in [6, 6.07) is 14.6. The van der Waals surface area contributed by atoms with Crippen LogP contribution in [-0.4, -0.2) is 15.7 Å². The number of rotatable bonds is 3. The molecular weight excluding hydrogens is 299 g/mol.